The van der Waals surface area contributed by atoms with E-state index in [1.54, 1.807) is 0 Å². The summed E-state index contributed by atoms with van der Waals surface area (Å²) in [5.41, 5.74) is 0. The summed E-state index contributed by atoms with van der Waals surface area (Å²) in [5, 5.41) is 0. The number of esters is 1. The molecule has 0 atom stereocenters. The second kappa shape index (κ2) is 3.79. The zero-order valence-corrected chi connectivity index (χ0v) is 6.74. The lowest BCUT2D eigenvalue weighted by Crippen LogP contribution is -2.05. The number of carbonyl (C=O) groups excluding carboxylic acids is 1. The average Bonchev–Trinajstić information content (AvgIpc) is 1.81. The molecule has 0 saturated heterocycles. The zero-order valence-electron chi connectivity index (χ0n) is 5.10. The topological polar surface area (TPSA) is 80.7 Å². The van der Waals surface area contributed by atoms with Gasteiger partial charge in [-0.2, -0.15) is 8.42 Å². The molecule has 0 aromatic rings. The number of ether oxygens (including phenoxy) is 1. The summed E-state index contributed by atoms with van der Waals surface area (Å²) >= 11 is 0. The molecule has 0 aromatic heterocycles. The summed E-state index contributed by atoms with van der Waals surface area (Å²) in [7, 11) is -2.86. The van der Waals surface area contributed by atoms with E-state index in [0.717, 1.165) is 7.11 Å². The molecule has 0 unspecified atom stereocenters. The Balaban J connectivity index is 3.67. The summed E-state index contributed by atoms with van der Waals surface area (Å²) in [5.74, 6) is -1.09. The van der Waals surface area contributed by atoms with Crippen molar-refractivity contribution in [1.82, 2.24) is 0 Å². The number of rotatable bonds is 3. The van der Waals surface area contributed by atoms with Gasteiger partial charge >= 0.3 is 15.1 Å². The molecule has 0 aliphatic heterocycles. The predicted molar refractivity (Wildman–Crippen MR) is 36.0 cm³/mol. The molecule has 0 spiro atoms. The van der Waals surface area contributed by atoms with Gasteiger partial charge in [-0.15, -0.1) is 0 Å². The smallest absolute Gasteiger partial charge is 0.320 e. The van der Waals surface area contributed by atoms with E-state index in [4.69, 9.17) is 4.55 Å². The highest BCUT2D eigenvalue weighted by Gasteiger charge is 2.09. The second-order valence-electron chi connectivity index (χ2n) is 1.27. The minimum Gasteiger partial charge on any atom is -0.468 e. The van der Waals surface area contributed by atoms with E-state index in [1.165, 1.54) is 0 Å². The van der Waals surface area contributed by atoms with Crippen LogP contribution in [0.5, 0.6) is 0 Å². The lowest BCUT2D eigenvalue weighted by atomic mass is 10.8. The third-order valence-electron chi connectivity index (χ3n) is 0.553. The summed E-state index contributed by atoms with van der Waals surface area (Å²) < 4.78 is 32.1. The van der Waals surface area contributed by atoms with Crippen molar-refractivity contribution in [2.75, 3.05) is 12.9 Å². The van der Waals surface area contributed by atoms with Crippen LogP contribution in [-0.4, -0.2) is 31.8 Å². The van der Waals surface area contributed by atoms with Crippen LogP contribution in [0.4, 0.5) is 0 Å². The van der Waals surface area contributed by atoms with Gasteiger partial charge in [0, 0.05) is 10.8 Å². The van der Waals surface area contributed by atoms with Gasteiger partial charge in [0.25, 0.3) is 0 Å². The molecule has 7 heteroatoms. The number of hydrogen-bond acceptors (Lipinski definition) is 5. The van der Waals surface area contributed by atoms with Gasteiger partial charge in [-0.05, 0) is 0 Å². The molecule has 10 heavy (non-hydrogen) atoms. The van der Waals surface area contributed by atoms with Crippen LogP contribution in [0.2, 0.25) is 0 Å². The fourth-order valence-corrected chi connectivity index (χ4v) is 1.28. The highest BCUT2D eigenvalue weighted by atomic mass is 33.1. The Bertz CT molecular complexity index is 205. The zero-order chi connectivity index (χ0) is 8.20. The SMILES string of the molecule is COC(=O)CSS(=O)(=O)O. The fraction of sp³-hybridized carbons (Fsp3) is 0.667. The normalized spacial score (nSPS) is 11.0. The van der Waals surface area contributed by atoms with Crippen molar-refractivity contribution in [2.24, 2.45) is 0 Å². The van der Waals surface area contributed by atoms with E-state index in [2.05, 4.69) is 4.74 Å². The summed E-state index contributed by atoms with van der Waals surface area (Å²) in [4.78, 5) is 10.2. The Labute approximate surface area is 61.9 Å². The molecule has 0 rings (SSSR count). The van der Waals surface area contributed by atoms with Crippen LogP contribution in [0.1, 0.15) is 0 Å². The number of hydrogen-bond donors (Lipinski definition) is 1. The van der Waals surface area contributed by atoms with Crippen LogP contribution in [0, 0.1) is 0 Å². The van der Waals surface area contributed by atoms with Crippen molar-refractivity contribution in [1.29, 1.82) is 0 Å². The molecular formula is C3H6O5S2. The molecule has 0 fully saturated rings. The first kappa shape index (κ1) is 9.73. The minimum absolute atomic E-state index is 0.119. The molecular weight excluding hydrogens is 180 g/mol. The second-order valence-corrected chi connectivity index (χ2v) is 4.62. The first-order valence-electron chi connectivity index (χ1n) is 2.14. The van der Waals surface area contributed by atoms with Gasteiger partial charge in [0.2, 0.25) is 0 Å². The first-order valence-corrected chi connectivity index (χ1v) is 5.08. The Morgan fingerprint density at radius 2 is 2.20 bits per heavy atom. The monoisotopic (exact) mass is 186 g/mol. The molecule has 1 N–H and O–H groups in total. The van der Waals surface area contributed by atoms with Crippen LogP contribution >= 0.6 is 10.8 Å². The lowest BCUT2D eigenvalue weighted by molar-refractivity contribution is -0.137. The lowest BCUT2D eigenvalue weighted by Gasteiger charge is -1.94. The predicted octanol–water partition coefficient (Wildman–Crippen LogP) is -0.305. The Hall–Kier alpha value is -0.270. The maximum atomic E-state index is 10.2. The van der Waals surface area contributed by atoms with E-state index >= 15 is 0 Å². The van der Waals surface area contributed by atoms with E-state index in [9.17, 15) is 13.2 Å². The molecule has 5 nitrogen and oxygen atoms in total. The summed E-state index contributed by atoms with van der Waals surface area (Å²) in [6.45, 7) is 0. The Morgan fingerprint density at radius 1 is 1.70 bits per heavy atom. The molecule has 0 aliphatic rings. The standard InChI is InChI=1S/C3H6O5S2/c1-8-3(4)2-9-10(5,6)7/h2H2,1H3,(H,5,6,7). The fourth-order valence-electron chi connectivity index (χ4n) is 0.182. The van der Waals surface area contributed by atoms with Gasteiger partial charge in [0.05, 0.1) is 7.11 Å². The van der Waals surface area contributed by atoms with E-state index < -0.39 is 20.9 Å². The van der Waals surface area contributed by atoms with Crippen LogP contribution in [0.3, 0.4) is 0 Å². The van der Waals surface area contributed by atoms with Crippen molar-refractivity contribution in [3.63, 3.8) is 0 Å². The molecule has 0 heterocycles. The van der Waals surface area contributed by atoms with Gasteiger partial charge in [-0.1, -0.05) is 0 Å². The largest absolute Gasteiger partial charge is 0.468 e. The minimum atomic E-state index is -4.11. The maximum absolute atomic E-state index is 10.2. The van der Waals surface area contributed by atoms with Gasteiger partial charge < -0.3 is 4.74 Å². The summed E-state index contributed by atoms with van der Waals surface area (Å²) in [6.07, 6.45) is 0. The molecule has 0 saturated carbocycles. The molecule has 0 aliphatic carbocycles. The van der Waals surface area contributed by atoms with Crippen LogP contribution in [0.15, 0.2) is 0 Å². The van der Waals surface area contributed by atoms with Crippen molar-refractivity contribution >= 4 is 25.9 Å². The number of carbonyl (C=O) groups is 1. The molecule has 0 bridgehead atoms. The van der Waals surface area contributed by atoms with Gasteiger partial charge in [0.1, 0.15) is 5.75 Å². The van der Waals surface area contributed by atoms with Crippen LogP contribution in [-0.2, 0) is 18.7 Å². The van der Waals surface area contributed by atoms with Gasteiger partial charge in [-0.3, -0.25) is 9.35 Å². The van der Waals surface area contributed by atoms with Crippen molar-refractivity contribution in [2.45, 2.75) is 0 Å². The van der Waals surface area contributed by atoms with Crippen molar-refractivity contribution in [3.8, 4) is 0 Å². The molecule has 0 radical (unpaired) electrons. The molecule has 60 valence electrons. The van der Waals surface area contributed by atoms with Gasteiger partial charge in [0.15, 0.2) is 0 Å². The average molecular weight is 186 g/mol. The molecule has 0 amide bonds. The number of methoxy groups -OCH3 is 1. The third-order valence-corrected chi connectivity index (χ3v) is 2.45. The third kappa shape index (κ3) is 5.86. The highest BCUT2D eigenvalue weighted by molar-refractivity contribution is 8.70. The van der Waals surface area contributed by atoms with Gasteiger partial charge in [-0.25, -0.2) is 0 Å². The first-order chi connectivity index (χ1) is 4.45. The van der Waals surface area contributed by atoms with E-state index in [0.29, 0.717) is 0 Å². The van der Waals surface area contributed by atoms with E-state index in [1.807, 2.05) is 0 Å². The highest BCUT2D eigenvalue weighted by Crippen LogP contribution is 2.08. The summed E-state index contributed by atoms with van der Waals surface area (Å²) in [6, 6.07) is 0. The Morgan fingerprint density at radius 3 is 2.50 bits per heavy atom. The van der Waals surface area contributed by atoms with Crippen LogP contribution in [0.25, 0.3) is 0 Å². The van der Waals surface area contributed by atoms with E-state index in [-0.39, 0.29) is 10.8 Å². The quantitative estimate of drug-likeness (QED) is 0.370. The van der Waals surface area contributed by atoms with Crippen molar-refractivity contribution < 1.29 is 22.5 Å². The van der Waals surface area contributed by atoms with Crippen molar-refractivity contribution in [3.05, 3.63) is 0 Å². The Kier molecular flexibility index (Phi) is 3.69. The van der Waals surface area contributed by atoms with Crippen LogP contribution < -0.4 is 0 Å². The maximum Gasteiger partial charge on any atom is 0.320 e. The molecule has 0 aromatic carbocycles.